The van der Waals surface area contributed by atoms with Crippen molar-refractivity contribution in [1.82, 2.24) is 10.6 Å². The third-order valence-corrected chi connectivity index (χ3v) is 1.87. The molecule has 0 aromatic rings. The summed E-state index contributed by atoms with van der Waals surface area (Å²) in [5.41, 5.74) is 0. The minimum atomic E-state index is 0.741. The molecule has 0 aromatic heterocycles. The number of thiol groups is 1. The van der Waals surface area contributed by atoms with Gasteiger partial charge in [-0.05, 0) is 18.7 Å². The first-order valence-corrected chi connectivity index (χ1v) is 4.11. The minimum absolute atomic E-state index is 0.741. The van der Waals surface area contributed by atoms with Crippen LogP contribution in [0, 0.1) is 0 Å². The van der Waals surface area contributed by atoms with Crippen molar-refractivity contribution in [2.45, 2.75) is 12.5 Å². The predicted molar refractivity (Wildman–Crippen MR) is 43.1 cm³/mol. The Kier molecular flexibility index (Phi) is 3.40. The molecule has 1 rings (SSSR count). The van der Waals surface area contributed by atoms with Crippen LogP contribution >= 0.6 is 12.6 Å². The van der Waals surface area contributed by atoms with Crippen molar-refractivity contribution < 1.29 is 0 Å². The molecule has 1 fully saturated rings. The standard InChI is InChI=1S/C6H14N2S/c9-3-1-2-8-6-4-7-5-6/h6-9H,1-5H2. The summed E-state index contributed by atoms with van der Waals surface area (Å²) in [6.07, 6.45) is 1.18. The van der Waals surface area contributed by atoms with Crippen LogP contribution in [0.25, 0.3) is 0 Å². The molecule has 1 aliphatic rings. The quantitative estimate of drug-likeness (QED) is 0.380. The lowest BCUT2D eigenvalue weighted by molar-refractivity contribution is 0.368. The number of nitrogens with one attached hydrogen (secondary N) is 2. The molecular weight excluding hydrogens is 132 g/mol. The zero-order valence-electron chi connectivity index (χ0n) is 5.56. The summed E-state index contributed by atoms with van der Waals surface area (Å²) in [5.74, 6) is 0.993. The van der Waals surface area contributed by atoms with Crippen LogP contribution in [0.2, 0.25) is 0 Å². The second-order valence-electron chi connectivity index (χ2n) is 2.39. The van der Waals surface area contributed by atoms with Crippen molar-refractivity contribution in [3.8, 4) is 0 Å². The monoisotopic (exact) mass is 146 g/mol. The Hall–Kier alpha value is 0.270. The average Bonchev–Trinajstić information content (AvgIpc) is 1.76. The molecule has 9 heavy (non-hydrogen) atoms. The molecule has 54 valence electrons. The second kappa shape index (κ2) is 4.14. The molecule has 0 atom stereocenters. The second-order valence-corrected chi connectivity index (χ2v) is 2.83. The summed E-state index contributed by atoms with van der Waals surface area (Å²) in [6, 6.07) is 0.741. The van der Waals surface area contributed by atoms with Gasteiger partial charge in [-0.25, -0.2) is 0 Å². The molecule has 0 saturated carbocycles. The molecule has 0 bridgehead atoms. The maximum Gasteiger partial charge on any atom is 0.0317 e. The number of hydrogen-bond donors (Lipinski definition) is 3. The first kappa shape index (κ1) is 7.38. The van der Waals surface area contributed by atoms with E-state index in [1.165, 1.54) is 6.42 Å². The molecule has 0 unspecified atom stereocenters. The Morgan fingerprint density at radius 2 is 2.33 bits per heavy atom. The zero-order chi connectivity index (χ0) is 6.53. The van der Waals surface area contributed by atoms with Crippen LogP contribution < -0.4 is 10.6 Å². The van der Waals surface area contributed by atoms with Crippen LogP contribution in [-0.2, 0) is 0 Å². The van der Waals surface area contributed by atoms with Gasteiger partial charge in [0.25, 0.3) is 0 Å². The molecule has 0 radical (unpaired) electrons. The van der Waals surface area contributed by atoms with Crippen molar-refractivity contribution in [3.63, 3.8) is 0 Å². The highest BCUT2D eigenvalue weighted by Gasteiger charge is 2.13. The van der Waals surface area contributed by atoms with Crippen LogP contribution in [0.15, 0.2) is 0 Å². The van der Waals surface area contributed by atoms with Crippen molar-refractivity contribution in [2.24, 2.45) is 0 Å². The van der Waals surface area contributed by atoms with E-state index < -0.39 is 0 Å². The van der Waals surface area contributed by atoms with Crippen LogP contribution in [0.5, 0.6) is 0 Å². The molecule has 2 nitrogen and oxygen atoms in total. The molecule has 1 heterocycles. The van der Waals surface area contributed by atoms with Gasteiger partial charge in [0.15, 0.2) is 0 Å². The third kappa shape index (κ3) is 2.56. The van der Waals surface area contributed by atoms with E-state index in [1.54, 1.807) is 0 Å². The zero-order valence-corrected chi connectivity index (χ0v) is 6.45. The number of rotatable bonds is 4. The fraction of sp³-hybridized carbons (Fsp3) is 1.00. The lowest BCUT2D eigenvalue weighted by Crippen LogP contribution is -2.55. The minimum Gasteiger partial charge on any atom is -0.314 e. The van der Waals surface area contributed by atoms with E-state index in [-0.39, 0.29) is 0 Å². The lowest BCUT2D eigenvalue weighted by atomic mass is 10.2. The Morgan fingerprint density at radius 3 is 2.78 bits per heavy atom. The van der Waals surface area contributed by atoms with Gasteiger partial charge < -0.3 is 10.6 Å². The van der Waals surface area contributed by atoms with Gasteiger partial charge in [0, 0.05) is 19.1 Å². The third-order valence-electron chi connectivity index (χ3n) is 1.55. The highest BCUT2D eigenvalue weighted by atomic mass is 32.1. The highest BCUT2D eigenvalue weighted by molar-refractivity contribution is 7.80. The normalized spacial score (nSPS) is 19.7. The topological polar surface area (TPSA) is 24.1 Å². The molecule has 0 aromatic carbocycles. The molecule has 3 heteroatoms. The van der Waals surface area contributed by atoms with E-state index in [0.717, 1.165) is 31.4 Å². The first-order valence-electron chi connectivity index (χ1n) is 3.48. The van der Waals surface area contributed by atoms with E-state index in [2.05, 4.69) is 23.3 Å². The van der Waals surface area contributed by atoms with Crippen LogP contribution in [0.3, 0.4) is 0 Å². The average molecular weight is 146 g/mol. The molecule has 1 saturated heterocycles. The van der Waals surface area contributed by atoms with Crippen molar-refractivity contribution in [3.05, 3.63) is 0 Å². The summed E-state index contributed by atoms with van der Waals surface area (Å²) < 4.78 is 0. The van der Waals surface area contributed by atoms with Gasteiger partial charge in [0.2, 0.25) is 0 Å². The van der Waals surface area contributed by atoms with Crippen molar-refractivity contribution in [2.75, 3.05) is 25.4 Å². The van der Waals surface area contributed by atoms with Gasteiger partial charge >= 0.3 is 0 Å². The van der Waals surface area contributed by atoms with E-state index in [0.29, 0.717) is 0 Å². The smallest absolute Gasteiger partial charge is 0.0317 e. The maximum absolute atomic E-state index is 4.11. The predicted octanol–water partition coefficient (Wildman–Crippen LogP) is -0.132. The van der Waals surface area contributed by atoms with Crippen LogP contribution in [0.1, 0.15) is 6.42 Å². The van der Waals surface area contributed by atoms with Gasteiger partial charge in [-0.15, -0.1) is 0 Å². The molecule has 0 aliphatic carbocycles. The van der Waals surface area contributed by atoms with Crippen LogP contribution in [-0.4, -0.2) is 31.4 Å². The summed E-state index contributed by atoms with van der Waals surface area (Å²) in [6.45, 7) is 3.41. The SMILES string of the molecule is SCCCNC1CNC1. The lowest BCUT2D eigenvalue weighted by Gasteiger charge is -2.27. The fourth-order valence-electron chi connectivity index (χ4n) is 0.818. The van der Waals surface area contributed by atoms with E-state index in [4.69, 9.17) is 0 Å². The van der Waals surface area contributed by atoms with Gasteiger partial charge in [-0.2, -0.15) is 12.6 Å². The summed E-state index contributed by atoms with van der Waals surface area (Å²) in [7, 11) is 0. The molecule has 0 spiro atoms. The van der Waals surface area contributed by atoms with E-state index >= 15 is 0 Å². The fourth-order valence-corrected chi connectivity index (χ4v) is 0.976. The Balaban J connectivity index is 1.80. The molecule has 0 amide bonds. The molecule has 2 N–H and O–H groups in total. The Bertz CT molecular complexity index is 73.5. The van der Waals surface area contributed by atoms with Gasteiger partial charge in [0.1, 0.15) is 0 Å². The van der Waals surface area contributed by atoms with Crippen LogP contribution in [0.4, 0.5) is 0 Å². The van der Waals surface area contributed by atoms with E-state index in [9.17, 15) is 0 Å². The summed E-state index contributed by atoms with van der Waals surface area (Å²) in [5, 5.41) is 6.62. The Labute approximate surface area is 61.8 Å². The largest absolute Gasteiger partial charge is 0.314 e. The van der Waals surface area contributed by atoms with E-state index in [1.807, 2.05) is 0 Å². The van der Waals surface area contributed by atoms with Crippen molar-refractivity contribution >= 4 is 12.6 Å². The highest BCUT2D eigenvalue weighted by Crippen LogP contribution is 1.90. The van der Waals surface area contributed by atoms with Gasteiger partial charge in [-0.1, -0.05) is 0 Å². The maximum atomic E-state index is 4.11. The molecular formula is C6H14N2S. The summed E-state index contributed by atoms with van der Waals surface area (Å²) in [4.78, 5) is 0. The van der Waals surface area contributed by atoms with Gasteiger partial charge in [-0.3, -0.25) is 0 Å². The number of hydrogen-bond acceptors (Lipinski definition) is 3. The molecule has 1 aliphatic heterocycles. The Morgan fingerprint density at radius 1 is 1.56 bits per heavy atom. The van der Waals surface area contributed by atoms with Gasteiger partial charge in [0.05, 0.1) is 0 Å². The first-order chi connectivity index (χ1) is 4.43. The summed E-state index contributed by atoms with van der Waals surface area (Å²) >= 11 is 4.11. The van der Waals surface area contributed by atoms with Crippen molar-refractivity contribution in [1.29, 1.82) is 0 Å².